The van der Waals surface area contributed by atoms with Gasteiger partial charge in [0.25, 0.3) is 0 Å². The van der Waals surface area contributed by atoms with Crippen LogP contribution in [0.25, 0.3) is 0 Å². The molecule has 5 nitrogen and oxygen atoms in total. The fourth-order valence-electron chi connectivity index (χ4n) is 1.57. The molecule has 6 heteroatoms. The van der Waals surface area contributed by atoms with Gasteiger partial charge in [-0.05, 0) is 12.8 Å². The summed E-state index contributed by atoms with van der Waals surface area (Å²) in [6.45, 7) is 0.633. The van der Waals surface area contributed by atoms with Crippen LogP contribution in [0.4, 0.5) is 0 Å². The van der Waals surface area contributed by atoms with Crippen molar-refractivity contribution in [3.8, 4) is 0 Å². The first-order chi connectivity index (χ1) is 6.54. The van der Waals surface area contributed by atoms with E-state index >= 15 is 0 Å². The van der Waals surface area contributed by atoms with Crippen LogP contribution < -0.4 is 5.73 Å². The van der Waals surface area contributed by atoms with Gasteiger partial charge in [-0.25, -0.2) is 8.42 Å². The zero-order valence-corrected chi connectivity index (χ0v) is 8.92. The Balaban J connectivity index is 2.52. The van der Waals surface area contributed by atoms with E-state index in [1.807, 2.05) is 0 Å². The summed E-state index contributed by atoms with van der Waals surface area (Å²) in [6.07, 6.45) is 0.985. The molecule has 0 amide bonds. The maximum atomic E-state index is 11.3. The van der Waals surface area contributed by atoms with Crippen LogP contribution in [0, 0.1) is 0 Å². The molecule has 0 spiro atoms. The molecule has 0 aromatic carbocycles. The normalized spacial score (nSPS) is 30.7. The van der Waals surface area contributed by atoms with Gasteiger partial charge in [0.15, 0.2) is 9.84 Å². The SMILES string of the molecule is NCC1(OCCCO)CCS(=O)(=O)C1. The average Bonchev–Trinajstić information content (AvgIpc) is 2.44. The number of aliphatic hydroxyl groups is 1. The topological polar surface area (TPSA) is 89.6 Å². The van der Waals surface area contributed by atoms with Crippen molar-refractivity contribution in [2.24, 2.45) is 5.73 Å². The van der Waals surface area contributed by atoms with Crippen molar-refractivity contribution in [3.05, 3.63) is 0 Å². The van der Waals surface area contributed by atoms with E-state index in [9.17, 15) is 8.42 Å². The zero-order valence-electron chi connectivity index (χ0n) is 8.11. The Morgan fingerprint density at radius 3 is 2.64 bits per heavy atom. The molecule has 1 aliphatic rings. The Labute approximate surface area is 84.2 Å². The Morgan fingerprint density at radius 2 is 2.21 bits per heavy atom. The highest BCUT2D eigenvalue weighted by Gasteiger charge is 2.42. The van der Waals surface area contributed by atoms with Gasteiger partial charge in [-0.2, -0.15) is 0 Å². The molecule has 1 atom stereocenters. The Hall–Kier alpha value is -0.170. The lowest BCUT2D eigenvalue weighted by Crippen LogP contribution is -2.42. The fraction of sp³-hybridized carbons (Fsp3) is 1.00. The number of sulfone groups is 1. The highest BCUT2D eigenvalue weighted by Crippen LogP contribution is 2.26. The number of ether oxygens (including phenoxy) is 1. The van der Waals surface area contributed by atoms with Gasteiger partial charge in [0, 0.05) is 19.8 Å². The maximum absolute atomic E-state index is 11.3. The first-order valence-corrected chi connectivity index (χ1v) is 6.51. The quantitative estimate of drug-likeness (QED) is 0.578. The molecule has 3 N–H and O–H groups in total. The van der Waals surface area contributed by atoms with E-state index in [0.29, 0.717) is 19.4 Å². The van der Waals surface area contributed by atoms with E-state index < -0.39 is 15.4 Å². The predicted molar refractivity (Wildman–Crippen MR) is 52.7 cm³/mol. The third-order valence-electron chi connectivity index (χ3n) is 2.43. The van der Waals surface area contributed by atoms with Gasteiger partial charge in [-0.3, -0.25) is 0 Å². The molecule has 1 heterocycles. The summed E-state index contributed by atoms with van der Waals surface area (Å²) in [6, 6.07) is 0. The molecule has 1 fully saturated rings. The van der Waals surface area contributed by atoms with E-state index in [1.165, 1.54) is 0 Å². The highest BCUT2D eigenvalue weighted by atomic mass is 32.2. The van der Waals surface area contributed by atoms with Crippen molar-refractivity contribution in [1.29, 1.82) is 0 Å². The van der Waals surface area contributed by atoms with Crippen molar-refractivity contribution >= 4 is 9.84 Å². The van der Waals surface area contributed by atoms with Crippen molar-refractivity contribution in [2.45, 2.75) is 18.4 Å². The zero-order chi connectivity index (χ0) is 10.7. The summed E-state index contributed by atoms with van der Waals surface area (Å²) < 4.78 is 28.0. The van der Waals surface area contributed by atoms with Crippen LogP contribution in [0.2, 0.25) is 0 Å². The molecular weight excluding hydrogens is 206 g/mol. The largest absolute Gasteiger partial charge is 0.396 e. The maximum Gasteiger partial charge on any atom is 0.153 e. The molecular formula is C8H17NO4S. The summed E-state index contributed by atoms with van der Waals surface area (Å²) in [5.41, 5.74) is 4.82. The third kappa shape index (κ3) is 2.91. The summed E-state index contributed by atoms with van der Waals surface area (Å²) in [5, 5.41) is 8.57. The first-order valence-electron chi connectivity index (χ1n) is 4.69. The van der Waals surface area contributed by atoms with Crippen LogP contribution in [0.1, 0.15) is 12.8 Å². The molecule has 1 aliphatic heterocycles. The molecule has 1 unspecified atom stereocenters. The van der Waals surface area contributed by atoms with Gasteiger partial charge in [0.2, 0.25) is 0 Å². The molecule has 14 heavy (non-hydrogen) atoms. The minimum atomic E-state index is -2.97. The predicted octanol–water partition coefficient (Wildman–Crippen LogP) is -1.10. The molecule has 0 aromatic rings. The molecule has 0 saturated carbocycles. The number of aliphatic hydroxyl groups excluding tert-OH is 1. The van der Waals surface area contributed by atoms with Crippen LogP contribution in [-0.2, 0) is 14.6 Å². The van der Waals surface area contributed by atoms with Gasteiger partial charge in [0.05, 0.1) is 17.1 Å². The molecule has 0 radical (unpaired) electrons. The molecule has 0 bridgehead atoms. The lowest BCUT2D eigenvalue weighted by atomic mass is 10.0. The number of nitrogens with two attached hydrogens (primary N) is 1. The molecule has 1 rings (SSSR count). The summed E-state index contributed by atoms with van der Waals surface area (Å²) in [7, 11) is -2.97. The van der Waals surface area contributed by atoms with Gasteiger partial charge < -0.3 is 15.6 Å². The summed E-state index contributed by atoms with van der Waals surface area (Å²) in [5.74, 6) is 0.172. The molecule has 0 aliphatic carbocycles. The second kappa shape index (κ2) is 4.57. The third-order valence-corrected chi connectivity index (χ3v) is 4.23. The van der Waals surface area contributed by atoms with E-state index in [1.54, 1.807) is 0 Å². The van der Waals surface area contributed by atoms with E-state index in [0.717, 1.165) is 0 Å². The molecule has 84 valence electrons. The summed E-state index contributed by atoms with van der Waals surface area (Å²) >= 11 is 0. The van der Waals surface area contributed by atoms with Gasteiger partial charge in [-0.15, -0.1) is 0 Å². The Morgan fingerprint density at radius 1 is 1.50 bits per heavy atom. The van der Waals surface area contributed by atoms with Crippen LogP contribution in [0.15, 0.2) is 0 Å². The second-order valence-corrected chi connectivity index (χ2v) is 5.84. The monoisotopic (exact) mass is 223 g/mol. The smallest absolute Gasteiger partial charge is 0.153 e. The van der Waals surface area contributed by atoms with E-state index in [-0.39, 0.29) is 24.7 Å². The lowest BCUT2D eigenvalue weighted by molar-refractivity contribution is -0.0240. The molecule has 0 aromatic heterocycles. The second-order valence-electron chi connectivity index (χ2n) is 3.65. The van der Waals surface area contributed by atoms with Gasteiger partial charge in [-0.1, -0.05) is 0 Å². The summed E-state index contributed by atoms with van der Waals surface area (Å²) in [4.78, 5) is 0. The number of hydrogen-bond acceptors (Lipinski definition) is 5. The van der Waals surface area contributed by atoms with Crippen molar-refractivity contribution in [1.82, 2.24) is 0 Å². The standard InChI is InChI=1S/C8H17NO4S/c9-6-8(13-4-1-3-10)2-5-14(11,12)7-8/h10H,1-7,9H2. The molecule has 1 saturated heterocycles. The fourth-order valence-corrected chi connectivity index (χ4v) is 3.55. The van der Waals surface area contributed by atoms with E-state index in [4.69, 9.17) is 15.6 Å². The van der Waals surface area contributed by atoms with Gasteiger partial charge in [0.1, 0.15) is 0 Å². The lowest BCUT2D eigenvalue weighted by Gasteiger charge is -2.26. The van der Waals surface area contributed by atoms with Gasteiger partial charge >= 0.3 is 0 Å². The van der Waals surface area contributed by atoms with Crippen LogP contribution in [-0.4, -0.2) is 50.4 Å². The van der Waals surface area contributed by atoms with E-state index in [2.05, 4.69) is 0 Å². The van der Waals surface area contributed by atoms with Crippen molar-refractivity contribution in [3.63, 3.8) is 0 Å². The van der Waals surface area contributed by atoms with Crippen LogP contribution in [0.5, 0.6) is 0 Å². The highest BCUT2D eigenvalue weighted by molar-refractivity contribution is 7.91. The minimum Gasteiger partial charge on any atom is -0.396 e. The first kappa shape index (κ1) is 11.9. The average molecular weight is 223 g/mol. The number of rotatable bonds is 5. The van der Waals surface area contributed by atoms with Crippen LogP contribution >= 0.6 is 0 Å². The van der Waals surface area contributed by atoms with Crippen LogP contribution in [0.3, 0.4) is 0 Å². The Kier molecular flexibility index (Phi) is 3.88. The number of hydrogen-bond donors (Lipinski definition) is 2. The Bertz CT molecular complexity index is 277. The minimum absolute atomic E-state index is 0.0158. The van der Waals surface area contributed by atoms with Crippen molar-refractivity contribution in [2.75, 3.05) is 31.3 Å². The van der Waals surface area contributed by atoms with Crippen molar-refractivity contribution < 1.29 is 18.3 Å².